The maximum atomic E-state index is 14.0. The van der Waals surface area contributed by atoms with E-state index < -0.39 is 21.6 Å². The first-order valence-electron chi connectivity index (χ1n) is 16.3. The van der Waals surface area contributed by atoms with Crippen molar-refractivity contribution in [1.82, 2.24) is 8.87 Å². The molecule has 1 amide bonds. The van der Waals surface area contributed by atoms with Crippen molar-refractivity contribution in [2.24, 2.45) is 11.8 Å². The van der Waals surface area contributed by atoms with Gasteiger partial charge in [-0.3, -0.25) is 4.79 Å². The van der Waals surface area contributed by atoms with Gasteiger partial charge in [0, 0.05) is 53.9 Å². The van der Waals surface area contributed by atoms with Crippen molar-refractivity contribution in [3.8, 4) is 0 Å². The van der Waals surface area contributed by atoms with Gasteiger partial charge in [0.1, 0.15) is 5.82 Å². The minimum absolute atomic E-state index is 0.0241. The van der Waals surface area contributed by atoms with Gasteiger partial charge < -0.3 is 23.8 Å². The van der Waals surface area contributed by atoms with E-state index in [1.165, 1.54) is 16.1 Å². The summed E-state index contributed by atoms with van der Waals surface area (Å²) in [4.78, 5) is 16.0. The van der Waals surface area contributed by atoms with Crippen LogP contribution in [0.3, 0.4) is 0 Å². The van der Waals surface area contributed by atoms with Gasteiger partial charge in [0.25, 0.3) is 10.0 Å². The number of piperidine rings is 1. The first-order valence-corrected chi connectivity index (χ1v) is 17.8. The van der Waals surface area contributed by atoms with Gasteiger partial charge in [-0.1, -0.05) is 37.3 Å². The topological polar surface area (TPSA) is 96.3 Å². The van der Waals surface area contributed by atoms with Crippen LogP contribution in [0, 0.1) is 24.6 Å². The van der Waals surface area contributed by atoms with Gasteiger partial charge in [-0.25, -0.2) is 16.8 Å². The average molecular weight is 653 g/mol. The number of ether oxygens (including phenoxy) is 4. The Hall–Kier alpha value is -3.09. The summed E-state index contributed by atoms with van der Waals surface area (Å²) in [6.07, 6.45) is 3.27. The number of aromatic nitrogens is 1. The van der Waals surface area contributed by atoms with Crippen molar-refractivity contribution >= 4 is 15.9 Å². The second-order valence-corrected chi connectivity index (χ2v) is 14.4. The van der Waals surface area contributed by atoms with Crippen molar-refractivity contribution < 1.29 is 36.6 Å². The number of nitrogens with zero attached hydrogens (tertiary/aromatic N) is 2. The monoisotopic (exact) mass is 652 g/mol. The highest BCUT2D eigenvalue weighted by Crippen LogP contribution is 2.51. The van der Waals surface area contributed by atoms with Crippen molar-refractivity contribution in [2.75, 3.05) is 39.5 Å². The number of benzene rings is 2. The molecule has 7 rings (SSSR count). The van der Waals surface area contributed by atoms with Crippen LogP contribution in [0.25, 0.3) is 0 Å². The van der Waals surface area contributed by atoms with Crippen LogP contribution in [0.1, 0.15) is 60.7 Å². The number of halogens is 1. The Bertz CT molecular complexity index is 1690. The summed E-state index contributed by atoms with van der Waals surface area (Å²) in [6, 6.07) is 14.8. The molecule has 1 atom stereocenters. The predicted molar refractivity (Wildman–Crippen MR) is 167 cm³/mol. The second kappa shape index (κ2) is 12.2. The van der Waals surface area contributed by atoms with E-state index in [9.17, 15) is 17.6 Å². The van der Waals surface area contributed by atoms with Crippen LogP contribution >= 0.6 is 0 Å². The Balaban J connectivity index is 1.13. The highest BCUT2D eigenvalue weighted by Gasteiger charge is 2.54. The normalized spacial score (nSPS) is 22.8. The zero-order valence-corrected chi connectivity index (χ0v) is 27.2. The molecule has 46 heavy (non-hydrogen) atoms. The number of hydrogen-bond donors (Lipinski definition) is 0. The quantitative estimate of drug-likeness (QED) is 0.354. The molecule has 11 heteroatoms. The van der Waals surface area contributed by atoms with E-state index in [0.717, 1.165) is 16.7 Å². The van der Waals surface area contributed by atoms with Crippen LogP contribution < -0.4 is 0 Å². The lowest BCUT2D eigenvalue weighted by Gasteiger charge is -2.43. The summed E-state index contributed by atoms with van der Waals surface area (Å²) in [5.41, 5.74) is 3.83. The molecule has 3 aliphatic heterocycles. The zero-order valence-electron chi connectivity index (χ0n) is 26.4. The molecule has 9 nitrogen and oxygen atoms in total. The fraction of sp³-hybridized carbons (Fsp3) is 0.514. The lowest BCUT2D eigenvalue weighted by molar-refractivity contribution is -0.218. The molecule has 0 bridgehead atoms. The molecule has 2 aromatic carbocycles. The van der Waals surface area contributed by atoms with Crippen LogP contribution in [-0.2, 0) is 58.2 Å². The molecule has 1 unspecified atom stereocenters. The van der Waals surface area contributed by atoms with E-state index >= 15 is 0 Å². The first-order chi connectivity index (χ1) is 22.2. The largest absolute Gasteiger partial charge is 0.343 e. The third-order valence-electron chi connectivity index (χ3n) is 10.3. The first kappa shape index (κ1) is 31.5. The van der Waals surface area contributed by atoms with Crippen molar-refractivity contribution in [2.45, 2.75) is 68.8 Å². The smallest absolute Gasteiger partial charge is 0.268 e. The molecule has 4 aliphatic rings. The molecule has 0 saturated carbocycles. The van der Waals surface area contributed by atoms with Crippen molar-refractivity contribution in [3.05, 3.63) is 88.5 Å². The third-order valence-corrected chi connectivity index (χ3v) is 12.2. The SMILES string of the molecule is CCc1c2c(n(S(=O)(=O)c3ccccc3)c1C)CCC(CC(=O)N1CCC(C3(c4ccc(F)cc4)OCCO3)CC1)C21OCCO1. The maximum Gasteiger partial charge on any atom is 0.268 e. The molecule has 3 fully saturated rings. The average Bonchev–Trinajstić information content (AvgIpc) is 3.82. The number of rotatable bonds is 7. The summed E-state index contributed by atoms with van der Waals surface area (Å²) in [6.45, 7) is 6.65. The Labute approximate surface area is 269 Å². The summed E-state index contributed by atoms with van der Waals surface area (Å²) in [5, 5.41) is 0. The van der Waals surface area contributed by atoms with E-state index in [1.807, 2.05) is 18.7 Å². The third kappa shape index (κ3) is 5.02. The Morgan fingerprint density at radius 2 is 1.50 bits per heavy atom. The molecule has 3 saturated heterocycles. The second-order valence-electron chi connectivity index (χ2n) is 12.7. The summed E-state index contributed by atoms with van der Waals surface area (Å²) in [7, 11) is -3.85. The van der Waals surface area contributed by atoms with Gasteiger partial charge in [0.2, 0.25) is 5.91 Å². The molecule has 1 spiro atoms. The van der Waals surface area contributed by atoms with E-state index in [1.54, 1.807) is 42.5 Å². The Kier molecular flexibility index (Phi) is 8.34. The van der Waals surface area contributed by atoms with Crippen LogP contribution in [0.2, 0.25) is 0 Å². The molecular formula is C35H41FN2O7S. The number of amides is 1. The fourth-order valence-corrected chi connectivity index (χ4v) is 9.88. The predicted octanol–water partition coefficient (Wildman–Crippen LogP) is 5.03. The summed E-state index contributed by atoms with van der Waals surface area (Å²) < 4.78 is 68.3. The standard InChI is InChI=1S/C35H41FN2O7S/c1-3-30-24(2)38(46(40,41)29-7-5-4-6-8-29)31-14-11-27(35(33(30)31)44-21-22-45-35)23-32(39)37-17-15-26(16-18-37)34(42-19-20-43-34)25-9-12-28(36)13-10-25/h4-10,12-13,26-27H,3,11,14-23H2,1-2H3. The molecule has 1 aromatic heterocycles. The van der Waals surface area contributed by atoms with Crippen LogP contribution in [-0.4, -0.2) is 62.7 Å². The molecular weight excluding hydrogens is 611 g/mol. The van der Waals surface area contributed by atoms with E-state index in [-0.39, 0.29) is 34.9 Å². The molecule has 0 radical (unpaired) electrons. The number of hydrogen-bond acceptors (Lipinski definition) is 7. The van der Waals surface area contributed by atoms with E-state index in [2.05, 4.69) is 0 Å². The van der Waals surface area contributed by atoms with Gasteiger partial charge in [-0.2, -0.15) is 0 Å². The molecule has 246 valence electrons. The fourth-order valence-electron chi connectivity index (χ4n) is 8.22. The minimum atomic E-state index is -3.85. The molecule has 3 aromatic rings. The highest BCUT2D eigenvalue weighted by atomic mass is 32.2. The minimum Gasteiger partial charge on any atom is -0.343 e. The van der Waals surface area contributed by atoms with Crippen LogP contribution in [0.4, 0.5) is 4.39 Å². The number of fused-ring (bicyclic) bond motifs is 2. The van der Waals surface area contributed by atoms with Gasteiger partial charge in [0.05, 0.1) is 31.3 Å². The van der Waals surface area contributed by atoms with Crippen molar-refractivity contribution in [3.63, 3.8) is 0 Å². The molecule has 1 aliphatic carbocycles. The van der Waals surface area contributed by atoms with Gasteiger partial charge >= 0.3 is 0 Å². The number of likely N-dealkylation sites (tertiary alicyclic amines) is 1. The van der Waals surface area contributed by atoms with Crippen LogP contribution in [0.5, 0.6) is 0 Å². The van der Waals surface area contributed by atoms with E-state index in [4.69, 9.17) is 18.9 Å². The van der Waals surface area contributed by atoms with Gasteiger partial charge in [-0.05, 0) is 68.9 Å². The lowest BCUT2D eigenvalue weighted by atomic mass is 9.77. The number of carbonyl (C=O) groups is 1. The molecule has 4 heterocycles. The maximum absolute atomic E-state index is 14.0. The Morgan fingerprint density at radius 1 is 0.891 bits per heavy atom. The summed E-state index contributed by atoms with van der Waals surface area (Å²) >= 11 is 0. The lowest BCUT2D eigenvalue weighted by Crippen LogP contribution is -2.48. The van der Waals surface area contributed by atoms with Crippen LogP contribution in [0.15, 0.2) is 59.5 Å². The van der Waals surface area contributed by atoms with Crippen molar-refractivity contribution in [1.29, 1.82) is 0 Å². The van der Waals surface area contributed by atoms with E-state index in [0.29, 0.717) is 83.0 Å². The van der Waals surface area contributed by atoms with Gasteiger partial charge in [-0.15, -0.1) is 0 Å². The number of carbonyl (C=O) groups excluding carboxylic acids is 1. The van der Waals surface area contributed by atoms with Gasteiger partial charge in [0.15, 0.2) is 11.6 Å². The zero-order chi connectivity index (χ0) is 32.1. The molecule has 0 N–H and O–H groups in total. The Morgan fingerprint density at radius 3 is 2.11 bits per heavy atom. The highest BCUT2D eigenvalue weighted by molar-refractivity contribution is 7.90. The summed E-state index contributed by atoms with van der Waals surface area (Å²) in [5.74, 6) is -2.63.